The maximum atomic E-state index is 4.30. The van der Waals surface area contributed by atoms with E-state index in [9.17, 15) is 0 Å². The Hall–Kier alpha value is -0.760. The summed E-state index contributed by atoms with van der Waals surface area (Å²) in [4.78, 5) is 0. The van der Waals surface area contributed by atoms with E-state index in [1.807, 2.05) is 36.5 Å². The molecule has 0 amide bonds. The average molecular weight is 193 g/mol. The molecule has 0 heterocycles. The van der Waals surface area contributed by atoms with Crippen molar-refractivity contribution in [2.45, 2.75) is 25.5 Å². The molecule has 0 aliphatic carbocycles. The van der Waals surface area contributed by atoms with Crippen LogP contribution >= 0.6 is 11.9 Å². The van der Waals surface area contributed by atoms with Crippen LogP contribution in [0.4, 0.5) is 0 Å². The van der Waals surface area contributed by atoms with Crippen LogP contribution in [-0.2, 0) is 0 Å². The van der Waals surface area contributed by atoms with E-state index in [1.165, 1.54) is 0 Å². The molecule has 0 atom stereocenters. The fourth-order valence-electron chi connectivity index (χ4n) is 0.784. The van der Waals surface area contributed by atoms with Gasteiger partial charge in [-0.15, -0.1) is 0 Å². The van der Waals surface area contributed by atoms with Crippen LogP contribution in [0.3, 0.4) is 0 Å². The smallest absolute Gasteiger partial charge is 0.0424 e. The predicted octanol–water partition coefficient (Wildman–Crippen LogP) is 3.55. The van der Waals surface area contributed by atoms with Crippen LogP contribution in [0.15, 0.2) is 34.7 Å². The second-order valence-electron chi connectivity index (χ2n) is 3.85. The normalized spacial score (nSPS) is 12.2. The van der Waals surface area contributed by atoms with Crippen LogP contribution in [0.2, 0.25) is 0 Å². The fourth-order valence-corrected chi connectivity index (χ4v) is 1.28. The van der Waals surface area contributed by atoms with Gasteiger partial charge in [0.1, 0.15) is 0 Å². The van der Waals surface area contributed by atoms with Gasteiger partial charge in [-0.1, -0.05) is 30.3 Å². The Kier molecular flexibility index (Phi) is 3.55. The topological polar surface area (TPSA) is 12.4 Å². The van der Waals surface area contributed by atoms with Crippen molar-refractivity contribution in [1.29, 1.82) is 0 Å². The van der Waals surface area contributed by atoms with E-state index in [0.29, 0.717) is 0 Å². The van der Waals surface area contributed by atoms with Gasteiger partial charge in [0.05, 0.1) is 0 Å². The zero-order valence-corrected chi connectivity index (χ0v) is 9.14. The molecule has 1 aromatic rings. The first-order chi connectivity index (χ1) is 6.08. The van der Waals surface area contributed by atoms with Crippen LogP contribution in [0.25, 0.3) is 0 Å². The minimum atomic E-state index is 0.200. The second-order valence-corrected chi connectivity index (χ2v) is 5.47. The first kappa shape index (κ1) is 10.3. The van der Waals surface area contributed by atoms with Gasteiger partial charge >= 0.3 is 0 Å². The largest absolute Gasteiger partial charge is 0.223 e. The number of nitrogens with zero attached hydrogens (tertiary/aromatic N) is 1. The van der Waals surface area contributed by atoms with Crippen molar-refractivity contribution < 1.29 is 0 Å². The molecule has 0 radical (unpaired) electrons. The van der Waals surface area contributed by atoms with Gasteiger partial charge in [0.15, 0.2) is 0 Å². The summed E-state index contributed by atoms with van der Waals surface area (Å²) in [5.41, 5.74) is 1.15. The van der Waals surface area contributed by atoms with Crippen molar-refractivity contribution in [3.63, 3.8) is 0 Å². The van der Waals surface area contributed by atoms with E-state index >= 15 is 0 Å². The summed E-state index contributed by atoms with van der Waals surface area (Å²) in [7, 11) is 0. The minimum Gasteiger partial charge on any atom is -0.223 e. The molecule has 0 saturated carbocycles. The molecule has 0 aliphatic rings. The number of hydrogen-bond donors (Lipinski definition) is 0. The number of rotatable bonds is 2. The third kappa shape index (κ3) is 4.73. The van der Waals surface area contributed by atoms with Gasteiger partial charge in [0.2, 0.25) is 0 Å². The van der Waals surface area contributed by atoms with Crippen LogP contribution in [0.5, 0.6) is 0 Å². The van der Waals surface area contributed by atoms with Gasteiger partial charge in [0.25, 0.3) is 0 Å². The van der Waals surface area contributed by atoms with Gasteiger partial charge < -0.3 is 0 Å². The summed E-state index contributed by atoms with van der Waals surface area (Å²) in [6, 6.07) is 10.1. The minimum absolute atomic E-state index is 0.200. The Morgan fingerprint density at radius 3 is 2.31 bits per heavy atom. The number of hydrogen-bond acceptors (Lipinski definition) is 2. The van der Waals surface area contributed by atoms with Crippen molar-refractivity contribution in [2.24, 2.45) is 4.40 Å². The van der Waals surface area contributed by atoms with Crippen LogP contribution in [0.1, 0.15) is 26.3 Å². The zero-order valence-electron chi connectivity index (χ0n) is 8.32. The Balaban J connectivity index is 2.51. The highest BCUT2D eigenvalue weighted by atomic mass is 32.2. The molecule has 70 valence electrons. The van der Waals surface area contributed by atoms with Crippen LogP contribution in [0, 0.1) is 0 Å². The monoisotopic (exact) mass is 193 g/mol. The molecule has 1 aromatic carbocycles. The highest BCUT2D eigenvalue weighted by Gasteiger charge is 2.08. The average Bonchev–Trinajstić information content (AvgIpc) is 2.04. The van der Waals surface area contributed by atoms with Crippen molar-refractivity contribution in [2.75, 3.05) is 0 Å². The fraction of sp³-hybridized carbons (Fsp3) is 0.364. The van der Waals surface area contributed by atoms with E-state index in [1.54, 1.807) is 11.9 Å². The van der Waals surface area contributed by atoms with E-state index < -0.39 is 0 Å². The highest BCUT2D eigenvalue weighted by molar-refractivity contribution is 7.99. The Labute approximate surface area is 84.4 Å². The number of benzene rings is 1. The van der Waals surface area contributed by atoms with Crippen molar-refractivity contribution >= 4 is 18.2 Å². The molecule has 1 nitrogen and oxygen atoms in total. The third-order valence-electron chi connectivity index (χ3n) is 1.33. The maximum absolute atomic E-state index is 4.30. The molecule has 2 heteroatoms. The van der Waals surface area contributed by atoms with Gasteiger partial charge in [-0.25, -0.2) is 4.40 Å². The molecule has 0 aromatic heterocycles. The molecule has 13 heavy (non-hydrogen) atoms. The van der Waals surface area contributed by atoms with Gasteiger partial charge in [-0.2, -0.15) is 0 Å². The molecule has 0 spiro atoms. The van der Waals surface area contributed by atoms with Gasteiger partial charge in [0, 0.05) is 11.0 Å². The molecular weight excluding hydrogens is 178 g/mol. The molecule has 0 N–H and O–H groups in total. The zero-order chi connectivity index (χ0) is 9.73. The summed E-state index contributed by atoms with van der Waals surface area (Å²) < 4.78 is 4.50. The predicted molar refractivity (Wildman–Crippen MR) is 61.4 cm³/mol. The van der Waals surface area contributed by atoms with E-state index in [2.05, 4.69) is 25.2 Å². The summed E-state index contributed by atoms with van der Waals surface area (Å²) in [6.45, 7) is 6.46. The van der Waals surface area contributed by atoms with Crippen molar-refractivity contribution in [1.82, 2.24) is 0 Å². The lowest BCUT2D eigenvalue weighted by molar-refractivity contribution is 0.804. The van der Waals surface area contributed by atoms with E-state index in [0.717, 1.165) is 5.56 Å². The van der Waals surface area contributed by atoms with E-state index in [-0.39, 0.29) is 4.75 Å². The molecule has 0 saturated heterocycles. The van der Waals surface area contributed by atoms with E-state index in [4.69, 9.17) is 0 Å². The van der Waals surface area contributed by atoms with Gasteiger partial charge in [-0.05, 0) is 38.3 Å². The Bertz CT molecular complexity index is 272. The van der Waals surface area contributed by atoms with Crippen LogP contribution < -0.4 is 0 Å². The molecule has 0 unspecified atom stereocenters. The summed E-state index contributed by atoms with van der Waals surface area (Å²) >= 11 is 1.60. The Morgan fingerprint density at radius 1 is 1.15 bits per heavy atom. The van der Waals surface area contributed by atoms with Crippen LogP contribution in [-0.4, -0.2) is 11.0 Å². The molecule has 0 fully saturated rings. The highest BCUT2D eigenvalue weighted by Crippen LogP contribution is 2.23. The van der Waals surface area contributed by atoms with Crippen molar-refractivity contribution in [3.05, 3.63) is 35.9 Å². The summed E-state index contributed by atoms with van der Waals surface area (Å²) in [5.74, 6) is 0. The lowest BCUT2D eigenvalue weighted by Crippen LogP contribution is -2.04. The SMILES string of the molecule is CC(C)(C)SN=Cc1ccccc1. The Morgan fingerprint density at radius 2 is 1.77 bits per heavy atom. The first-order valence-electron chi connectivity index (χ1n) is 4.34. The van der Waals surface area contributed by atoms with Crippen molar-refractivity contribution in [3.8, 4) is 0 Å². The lowest BCUT2D eigenvalue weighted by atomic mass is 10.2. The molecular formula is C11H15NS. The summed E-state index contributed by atoms with van der Waals surface area (Å²) in [6.07, 6.45) is 1.90. The van der Waals surface area contributed by atoms with Gasteiger partial charge in [-0.3, -0.25) is 0 Å². The first-order valence-corrected chi connectivity index (χ1v) is 5.12. The molecule has 0 aliphatic heterocycles. The summed E-state index contributed by atoms with van der Waals surface area (Å²) in [5, 5.41) is 0. The maximum Gasteiger partial charge on any atom is 0.0424 e. The second kappa shape index (κ2) is 4.47. The quantitative estimate of drug-likeness (QED) is 0.517. The lowest BCUT2D eigenvalue weighted by Gasteiger charge is -2.11. The standard InChI is InChI=1S/C11H15NS/c1-11(2,3)13-12-9-10-7-5-4-6-8-10/h4-9H,1-3H3. The third-order valence-corrected chi connectivity index (χ3v) is 2.09. The molecule has 1 rings (SSSR count). The molecule has 0 bridgehead atoms.